The van der Waals surface area contributed by atoms with Gasteiger partial charge in [-0.15, -0.1) is 0 Å². The number of anilines is 1. The highest BCUT2D eigenvalue weighted by molar-refractivity contribution is 9.10. The number of nitriles is 1. The van der Waals surface area contributed by atoms with Crippen LogP contribution in [0.1, 0.15) is 24.8 Å². The average molecular weight is 307 g/mol. The molecule has 2 unspecified atom stereocenters. The van der Waals surface area contributed by atoms with Crippen LogP contribution in [0.4, 0.5) is 5.69 Å². The predicted molar refractivity (Wildman–Crippen MR) is 73.3 cm³/mol. The Bertz CT molecular complexity index is 493. The molecule has 0 aromatic heterocycles. The summed E-state index contributed by atoms with van der Waals surface area (Å²) in [5.41, 5.74) is 1.60. The van der Waals surface area contributed by atoms with Crippen LogP contribution >= 0.6 is 15.9 Å². The van der Waals surface area contributed by atoms with Crippen LogP contribution in [0.25, 0.3) is 0 Å². The van der Waals surface area contributed by atoms with Gasteiger partial charge in [-0.05, 0) is 43.4 Å². The third-order valence-corrected chi connectivity index (χ3v) is 4.16. The van der Waals surface area contributed by atoms with Crippen LogP contribution < -0.4 is 5.32 Å². The lowest BCUT2D eigenvalue weighted by Crippen LogP contribution is -2.31. The summed E-state index contributed by atoms with van der Waals surface area (Å²) < 4.78 is 6.80. The molecule has 0 bridgehead atoms. The maximum absolute atomic E-state index is 9.13. The molecule has 2 aliphatic rings. The molecule has 2 fully saturated rings. The Labute approximate surface area is 115 Å². The van der Waals surface area contributed by atoms with Crippen molar-refractivity contribution in [3.8, 4) is 6.07 Å². The number of nitrogens with one attached hydrogen (secondary N) is 1. The van der Waals surface area contributed by atoms with E-state index in [-0.39, 0.29) is 0 Å². The molecule has 1 aromatic rings. The van der Waals surface area contributed by atoms with Crippen molar-refractivity contribution < 1.29 is 4.74 Å². The second kappa shape index (κ2) is 4.91. The van der Waals surface area contributed by atoms with E-state index in [9.17, 15) is 0 Å². The first kappa shape index (κ1) is 12.0. The van der Waals surface area contributed by atoms with Gasteiger partial charge in [0.1, 0.15) is 6.07 Å². The van der Waals surface area contributed by atoms with Gasteiger partial charge in [-0.3, -0.25) is 0 Å². The topological polar surface area (TPSA) is 45.0 Å². The van der Waals surface area contributed by atoms with Gasteiger partial charge in [-0.25, -0.2) is 0 Å². The van der Waals surface area contributed by atoms with E-state index in [4.69, 9.17) is 10.00 Å². The fourth-order valence-electron chi connectivity index (χ4n) is 2.59. The molecule has 18 heavy (non-hydrogen) atoms. The summed E-state index contributed by atoms with van der Waals surface area (Å²) in [5.74, 6) is 0.725. The minimum Gasteiger partial charge on any atom is -0.378 e. The number of hydrogen-bond donors (Lipinski definition) is 1. The van der Waals surface area contributed by atoms with E-state index in [2.05, 4.69) is 27.3 Å². The zero-order chi connectivity index (χ0) is 12.5. The van der Waals surface area contributed by atoms with Crippen LogP contribution in [0.5, 0.6) is 0 Å². The molecule has 1 aliphatic carbocycles. The zero-order valence-corrected chi connectivity index (χ0v) is 11.6. The quantitative estimate of drug-likeness (QED) is 0.932. The Balaban J connectivity index is 1.79. The Hall–Kier alpha value is -1.05. The number of benzene rings is 1. The molecule has 1 saturated heterocycles. The number of rotatable bonds is 3. The summed E-state index contributed by atoms with van der Waals surface area (Å²) in [6.07, 6.45) is 3.92. The van der Waals surface area contributed by atoms with Crippen LogP contribution in [0, 0.1) is 17.2 Å². The van der Waals surface area contributed by atoms with Crippen molar-refractivity contribution >= 4 is 21.6 Å². The van der Waals surface area contributed by atoms with Gasteiger partial charge < -0.3 is 10.1 Å². The molecular weight excluding hydrogens is 292 g/mol. The number of nitrogens with zero attached hydrogens (tertiary/aromatic N) is 1. The average Bonchev–Trinajstić information content (AvgIpc) is 3.11. The highest BCUT2D eigenvalue weighted by atomic mass is 79.9. The third kappa shape index (κ3) is 2.38. The molecule has 1 saturated carbocycles. The second-order valence-electron chi connectivity index (χ2n) is 5.01. The van der Waals surface area contributed by atoms with E-state index in [0.717, 1.165) is 29.1 Å². The van der Waals surface area contributed by atoms with Crippen LogP contribution in [-0.2, 0) is 4.74 Å². The minimum atomic E-state index is 0.329. The Morgan fingerprint density at radius 2 is 2.17 bits per heavy atom. The first-order valence-corrected chi connectivity index (χ1v) is 7.15. The summed E-state index contributed by atoms with van der Waals surface area (Å²) in [4.78, 5) is 0. The summed E-state index contributed by atoms with van der Waals surface area (Å²) in [6.45, 7) is 0.828. The van der Waals surface area contributed by atoms with Gasteiger partial charge in [0.05, 0.1) is 23.4 Å². The van der Waals surface area contributed by atoms with Crippen LogP contribution in [0.3, 0.4) is 0 Å². The summed E-state index contributed by atoms with van der Waals surface area (Å²) in [6, 6.07) is 8.29. The van der Waals surface area contributed by atoms with Crippen LogP contribution in [0.2, 0.25) is 0 Å². The largest absolute Gasteiger partial charge is 0.378 e. The number of halogens is 1. The van der Waals surface area contributed by atoms with E-state index in [1.165, 1.54) is 12.8 Å². The van der Waals surface area contributed by atoms with Crippen LogP contribution in [0.15, 0.2) is 22.7 Å². The molecule has 0 spiro atoms. The van der Waals surface area contributed by atoms with E-state index in [0.29, 0.717) is 17.7 Å². The van der Waals surface area contributed by atoms with Gasteiger partial charge in [0.2, 0.25) is 0 Å². The van der Waals surface area contributed by atoms with Crippen LogP contribution in [-0.4, -0.2) is 18.8 Å². The smallest absolute Gasteiger partial charge is 0.101 e. The minimum absolute atomic E-state index is 0.329. The first-order chi connectivity index (χ1) is 8.78. The number of ether oxygens (including phenoxy) is 1. The lowest BCUT2D eigenvalue weighted by Gasteiger charge is -2.21. The van der Waals surface area contributed by atoms with Gasteiger partial charge in [0.25, 0.3) is 0 Å². The van der Waals surface area contributed by atoms with Crippen molar-refractivity contribution in [1.82, 2.24) is 0 Å². The van der Waals surface area contributed by atoms with E-state index < -0.39 is 0 Å². The summed E-state index contributed by atoms with van der Waals surface area (Å²) in [5, 5.41) is 12.6. The zero-order valence-electron chi connectivity index (χ0n) is 10.0. The van der Waals surface area contributed by atoms with E-state index >= 15 is 0 Å². The third-order valence-electron chi connectivity index (χ3n) is 3.67. The molecule has 1 aliphatic heterocycles. The summed E-state index contributed by atoms with van der Waals surface area (Å²) >= 11 is 3.45. The Kier molecular flexibility index (Phi) is 3.27. The molecule has 0 amide bonds. The maximum atomic E-state index is 9.13. The van der Waals surface area contributed by atoms with Gasteiger partial charge in [-0.1, -0.05) is 15.9 Å². The highest BCUT2D eigenvalue weighted by Crippen LogP contribution is 2.40. The monoisotopic (exact) mass is 306 g/mol. The molecule has 3 nitrogen and oxygen atoms in total. The molecule has 0 radical (unpaired) electrons. The second-order valence-corrected chi connectivity index (χ2v) is 5.93. The lowest BCUT2D eigenvalue weighted by atomic mass is 10.0. The van der Waals surface area contributed by atoms with Gasteiger partial charge in [0.15, 0.2) is 0 Å². The maximum Gasteiger partial charge on any atom is 0.101 e. The predicted octanol–water partition coefficient (Wildman–Crippen LogP) is 3.30. The van der Waals surface area contributed by atoms with Crippen molar-refractivity contribution in [2.75, 3.05) is 11.9 Å². The normalized spacial score (nSPS) is 26.9. The molecule has 1 aromatic carbocycles. The molecule has 3 rings (SSSR count). The molecule has 2 atom stereocenters. The Morgan fingerprint density at radius 1 is 1.33 bits per heavy atom. The Morgan fingerprint density at radius 3 is 2.89 bits per heavy atom. The van der Waals surface area contributed by atoms with Crippen molar-refractivity contribution in [3.63, 3.8) is 0 Å². The van der Waals surface area contributed by atoms with Gasteiger partial charge in [0, 0.05) is 11.1 Å². The van der Waals surface area contributed by atoms with Gasteiger partial charge in [-0.2, -0.15) is 5.26 Å². The summed E-state index contributed by atoms with van der Waals surface area (Å²) in [7, 11) is 0. The molecule has 1 N–H and O–H groups in total. The lowest BCUT2D eigenvalue weighted by molar-refractivity contribution is 0.0898. The number of hydrogen-bond acceptors (Lipinski definition) is 3. The highest BCUT2D eigenvalue weighted by Gasteiger charge is 2.40. The fourth-order valence-corrected chi connectivity index (χ4v) is 2.95. The standard InChI is InChI=1S/C14H15BrN2O/c15-11-4-3-10(8-16)13(7-11)17-12-5-6-18-14(12)9-1-2-9/h3-4,7,9,12,14,17H,1-2,5-6H2. The van der Waals surface area contributed by atoms with Crippen molar-refractivity contribution in [1.29, 1.82) is 5.26 Å². The van der Waals surface area contributed by atoms with E-state index in [1.807, 2.05) is 18.2 Å². The van der Waals surface area contributed by atoms with E-state index in [1.54, 1.807) is 0 Å². The molecule has 4 heteroatoms. The molecule has 1 heterocycles. The first-order valence-electron chi connectivity index (χ1n) is 6.36. The molecular formula is C14H15BrN2O. The van der Waals surface area contributed by atoms with Crippen molar-refractivity contribution in [2.45, 2.75) is 31.4 Å². The fraction of sp³-hybridized carbons (Fsp3) is 0.500. The van der Waals surface area contributed by atoms with Crippen molar-refractivity contribution in [3.05, 3.63) is 28.2 Å². The van der Waals surface area contributed by atoms with Gasteiger partial charge >= 0.3 is 0 Å². The SMILES string of the molecule is N#Cc1ccc(Br)cc1NC1CCOC1C1CC1. The molecule has 94 valence electrons. The van der Waals surface area contributed by atoms with Crippen molar-refractivity contribution in [2.24, 2.45) is 5.92 Å².